The molecule has 0 radical (unpaired) electrons. The van der Waals surface area contributed by atoms with Crippen LogP contribution in [0.4, 0.5) is 14.1 Å². The minimum Gasteiger partial charge on any atom is -0.349 e. The number of hydrogen-bond donors (Lipinski definition) is 0. The second kappa shape index (κ2) is 10.7. The van der Waals surface area contributed by atoms with Gasteiger partial charge in [0.05, 0.1) is 22.6 Å². The van der Waals surface area contributed by atoms with Gasteiger partial charge in [0.2, 0.25) is 0 Å². The van der Waals surface area contributed by atoms with Gasteiger partial charge in [-0.1, -0.05) is 25.4 Å². The van der Waals surface area contributed by atoms with Gasteiger partial charge in [0.1, 0.15) is 23.5 Å². The summed E-state index contributed by atoms with van der Waals surface area (Å²) in [6.45, 7) is 8.50. The summed E-state index contributed by atoms with van der Waals surface area (Å²) in [4.78, 5) is 24.1. The molecule has 5 rings (SSSR count). The molecule has 0 spiro atoms. The van der Waals surface area contributed by atoms with Crippen molar-refractivity contribution in [2.45, 2.75) is 34.2 Å². The lowest BCUT2D eigenvalue weighted by Crippen LogP contribution is -2.32. The van der Waals surface area contributed by atoms with Crippen LogP contribution in [0.3, 0.4) is 0 Å². The number of benzene rings is 1. The number of hydrogen-bond acceptors (Lipinski definition) is 6. The number of halogens is 3. The highest BCUT2D eigenvalue weighted by Gasteiger charge is 2.21. The highest BCUT2D eigenvalue weighted by molar-refractivity contribution is 7.92. The predicted molar refractivity (Wildman–Crippen MR) is 140 cm³/mol. The van der Waals surface area contributed by atoms with Gasteiger partial charge >= 0.3 is 0 Å². The Labute approximate surface area is 215 Å². The molecule has 0 unspecified atom stereocenters. The Hall–Kier alpha value is -3.44. The Balaban J connectivity index is 0.00000148. The standard InChI is InChI=1S/C22H18ClF2N7OS.C2H6/c1-3-29(20-18-13(2)10-31(34-25)21(18)27-12-26-20)11-17-28-30-9-8-16(23)19(30)22(33)32(17)15-6-4-14(24)5-7-15;1-2/h4-10,12H,3,11H2,1-2H3;1-2H3. The summed E-state index contributed by atoms with van der Waals surface area (Å²) in [5.74, 6) is 0.558. The summed E-state index contributed by atoms with van der Waals surface area (Å²) in [7, 11) is 0. The Morgan fingerprint density at radius 3 is 2.53 bits per heavy atom. The molecule has 1 aromatic carbocycles. The summed E-state index contributed by atoms with van der Waals surface area (Å²) in [6.07, 6.45) is 4.64. The van der Waals surface area contributed by atoms with Gasteiger partial charge in [-0.3, -0.25) is 9.36 Å². The summed E-state index contributed by atoms with van der Waals surface area (Å²) in [6, 6.07) is 7.17. The maximum Gasteiger partial charge on any atom is 0.284 e. The average molecular weight is 532 g/mol. The van der Waals surface area contributed by atoms with Crippen molar-refractivity contribution >= 4 is 46.3 Å². The number of aromatic nitrogens is 6. The molecule has 0 saturated heterocycles. The number of aryl methyl sites for hydroxylation is 1. The van der Waals surface area contributed by atoms with Gasteiger partial charge in [0, 0.05) is 18.9 Å². The summed E-state index contributed by atoms with van der Waals surface area (Å²) < 4.78 is 31.2. The van der Waals surface area contributed by atoms with Gasteiger partial charge in [-0.05, 0) is 49.7 Å². The molecule has 0 bridgehead atoms. The highest BCUT2D eigenvalue weighted by atomic mass is 35.5. The number of anilines is 1. The van der Waals surface area contributed by atoms with E-state index >= 15 is 0 Å². The molecule has 8 nitrogen and oxygen atoms in total. The largest absolute Gasteiger partial charge is 0.349 e. The Morgan fingerprint density at radius 1 is 1.14 bits per heavy atom. The molecule has 0 amide bonds. The van der Waals surface area contributed by atoms with Crippen LogP contribution < -0.4 is 10.5 Å². The molecule has 0 saturated carbocycles. The van der Waals surface area contributed by atoms with Crippen molar-refractivity contribution in [2.75, 3.05) is 11.4 Å². The minimum atomic E-state index is -0.419. The van der Waals surface area contributed by atoms with Gasteiger partial charge in [-0.25, -0.2) is 22.8 Å². The van der Waals surface area contributed by atoms with Crippen LogP contribution in [0.2, 0.25) is 5.02 Å². The second-order valence-electron chi connectivity index (χ2n) is 7.61. The van der Waals surface area contributed by atoms with E-state index in [4.69, 9.17) is 11.6 Å². The number of rotatable bonds is 6. The summed E-state index contributed by atoms with van der Waals surface area (Å²) in [5.41, 5.74) is 1.55. The zero-order chi connectivity index (χ0) is 26.0. The molecule has 36 heavy (non-hydrogen) atoms. The third-order valence-electron chi connectivity index (χ3n) is 5.60. The van der Waals surface area contributed by atoms with Gasteiger partial charge in [-0.15, -0.1) is 3.89 Å². The molecule has 0 atom stereocenters. The van der Waals surface area contributed by atoms with E-state index in [0.29, 0.717) is 34.9 Å². The second-order valence-corrected chi connectivity index (χ2v) is 8.55. The zero-order valence-corrected chi connectivity index (χ0v) is 21.7. The van der Waals surface area contributed by atoms with E-state index in [1.165, 1.54) is 43.6 Å². The lowest BCUT2D eigenvalue weighted by molar-refractivity contribution is 0.626. The van der Waals surface area contributed by atoms with E-state index in [2.05, 4.69) is 15.1 Å². The van der Waals surface area contributed by atoms with Crippen molar-refractivity contribution in [3.8, 4) is 5.69 Å². The molecule has 0 aliphatic heterocycles. The fraction of sp³-hybridized carbons (Fsp3) is 0.250. The first-order valence-corrected chi connectivity index (χ1v) is 12.4. The molecule has 0 aliphatic rings. The van der Waals surface area contributed by atoms with Crippen LogP contribution in [-0.2, 0) is 6.54 Å². The molecule has 0 aliphatic carbocycles. The molecule has 5 aromatic rings. The molecule has 0 fully saturated rings. The van der Waals surface area contributed by atoms with Crippen LogP contribution in [0.25, 0.3) is 22.2 Å². The smallest absolute Gasteiger partial charge is 0.284 e. The van der Waals surface area contributed by atoms with E-state index in [-0.39, 0.29) is 35.0 Å². The lowest BCUT2D eigenvalue weighted by atomic mass is 10.2. The maximum atomic E-state index is 13.6. The molecular formula is C24H24ClF2N7OS. The van der Waals surface area contributed by atoms with Crippen LogP contribution in [0, 0.1) is 12.7 Å². The van der Waals surface area contributed by atoms with Crippen LogP contribution in [-0.4, -0.2) is 34.7 Å². The predicted octanol–water partition coefficient (Wildman–Crippen LogP) is 5.76. The molecule has 188 valence electrons. The van der Waals surface area contributed by atoms with Crippen molar-refractivity contribution in [2.24, 2.45) is 0 Å². The lowest BCUT2D eigenvalue weighted by Gasteiger charge is -2.24. The Kier molecular flexibility index (Phi) is 7.60. The highest BCUT2D eigenvalue weighted by Crippen LogP contribution is 2.31. The molecule has 4 heterocycles. The van der Waals surface area contributed by atoms with Crippen LogP contribution in [0.5, 0.6) is 0 Å². The summed E-state index contributed by atoms with van der Waals surface area (Å²) in [5, 5.41) is 5.61. The number of nitrogens with zero attached hydrogens (tertiary/aromatic N) is 7. The fourth-order valence-corrected chi connectivity index (χ4v) is 4.65. The summed E-state index contributed by atoms with van der Waals surface area (Å²) >= 11 is 6.31. The van der Waals surface area contributed by atoms with E-state index in [1.807, 2.05) is 32.6 Å². The van der Waals surface area contributed by atoms with Crippen LogP contribution in [0.15, 0.2) is 53.8 Å². The van der Waals surface area contributed by atoms with Crippen molar-refractivity contribution < 1.29 is 8.28 Å². The number of fused-ring (bicyclic) bond motifs is 2. The van der Waals surface area contributed by atoms with Gasteiger partial charge in [0.15, 0.2) is 23.8 Å². The third-order valence-corrected chi connectivity index (χ3v) is 6.33. The average Bonchev–Trinajstić information content (AvgIpc) is 3.44. The monoisotopic (exact) mass is 531 g/mol. The van der Waals surface area contributed by atoms with E-state index in [9.17, 15) is 13.1 Å². The zero-order valence-electron chi connectivity index (χ0n) is 20.1. The van der Waals surface area contributed by atoms with Crippen molar-refractivity contribution in [3.63, 3.8) is 0 Å². The maximum absolute atomic E-state index is 13.6. The third kappa shape index (κ3) is 4.44. The topological polar surface area (TPSA) is 73.2 Å². The van der Waals surface area contributed by atoms with Crippen LogP contribution >= 0.6 is 23.9 Å². The van der Waals surface area contributed by atoms with E-state index in [0.717, 1.165) is 5.56 Å². The normalized spacial score (nSPS) is 11.1. The van der Waals surface area contributed by atoms with Crippen molar-refractivity contribution in [1.82, 2.24) is 28.1 Å². The van der Waals surface area contributed by atoms with E-state index in [1.54, 1.807) is 18.5 Å². The van der Waals surface area contributed by atoms with Gasteiger partial charge < -0.3 is 4.90 Å². The van der Waals surface area contributed by atoms with Gasteiger partial charge in [0.25, 0.3) is 5.56 Å². The van der Waals surface area contributed by atoms with Gasteiger partial charge in [-0.2, -0.15) is 5.10 Å². The minimum absolute atomic E-state index is 0.0613. The molecule has 0 N–H and O–H groups in total. The van der Waals surface area contributed by atoms with Crippen molar-refractivity contribution in [3.05, 3.63) is 81.6 Å². The molecule has 12 heteroatoms. The molecular weight excluding hydrogens is 508 g/mol. The fourth-order valence-electron chi connectivity index (χ4n) is 4.02. The van der Waals surface area contributed by atoms with E-state index < -0.39 is 5.82 Å². The quantitative estimate of drug-likeness (QED) is 0.277. The molecule has 4 aromatic heterocycles. The first-order valence-electron chi connectivity index (χ1n) is 11.3. The first-order chi connectivity index (χ1) is 17.4. The Morgan fingerprint density at radius 2 is 1.86 bits per heavy atom. The van der Waals surface area contributed by atoms with Crippen molar-refractivity contribution in [1.29, 1.82) is 0 Å². The first kappa shape index (κ1) is 25.6. The van der Waals surface area contributed by atoms with Crippen LogP contribution in [0.1, 0.15) is 32.2 Å². The SMILES string of the molecule is CC.CCN(Cc1nn2ccc(Cl)c2c(=O)n1-c1ccc(F)cc1)c1ncnc2c1c(C)cn2SF. The Bertz CT molecular complexity index is 1580.